The van der Waals surface area contributed by atoms with Gasteiger partial charge in [0.15, 0.2) is 0 Å². The molecule has 1 saturated heterocycles. The number of amides is 1. The molecule has 2 aromatic rings. The average molecular weight is 419 g/mol. The number of ether oxygens (including phenoxy) is 1. The highest BCUT2D eigenvalue weighted by molar-refractivity contribution is 9.10. The van der Waals surface area contributed by atoms with Crippen LogP contribution in [0.5, 0.6) is 0 Å². The Morgan fingerprint density at radius 2 is 2.12 bits per heavy atom. The lowest BCUT2D eigenvalue weighted by Gasteiger charge is -2.33. The maximum Gasteiger partial charge on any atom is 0.404 e. The molecule has 0 bridgehead atoms. The number of hydrogen-bond donors (Lipinski definition) is 1. The fourth-order valence-electron chi connectivity index (χ4n) is 3.00. The van der Waals surface area contributed by atoms with E-state index >= 15 is 0 Å². The summed E-state index contributed by atoms with van der Waals surface area (Å²) in [5.74, 6) is 0.185. The Kier molecular flexibility index (Phi) is 5.38. The molecule has 8 heteroatoms. The number of nitrogens with zero attached hydrogens (tertiary/aromatic N) is 3. The Labute approximate surface area is 158 Å². The van der Waals surface area contributed by atoms with Crippen LogP contribution in [0.15, 0.2) is 34.9 Å². The van der Waals surface area contributed by atoms with Crippen LogP contribution >= 0.6 is 15.9 Å². The molecule has 0 atom stereocenters. The summed E-state index contributed by atoms with van der Waals surface area (Å²) in [6, 6.07) is 8.12. The monoisotopic (exact) mass is 418 g/mol. The average Bonchev–Trinajstić information content (AvgIpc) is 2.62. The van der Waals surface area contributed by atoms with Crippen LogP contribution in [0, 0.1) is 17.1 Å². The van der Waals surface area contributed by atoms with Gasteiger partial charge in [-0.1, -0.05) is 6.07 Å². The van der Waals surface area contributed by atoms with E-state index in [-0.39, 0.29) is 11.7 Å². The topological polar surface area (TPSA) is 92.2 Å². The number of aromatic nitrogens is 1. The maximum atomic E-state index is 14.0. The van der Waals surface area contributed by atoms with E-state index in [1.54, 1.807) is 18.3 Å². The highest BCUT2D eigenvalue weighted by Gasteiger charge is 2.24. The number of nitrogens with two attached hydrogens (primary N) is 1. The van der Waals surface area contributed by atoms with E-state index in [4.69, 9.17) is 15.7 Å². The van der Waals surface area contributed by atoms with Gasteiger partial charge in [-0.3, -0.25) is 0 Å². The van der Waals surface area contributed by atoms with Crippen molar-refractivity contribution in [3.05, 3.63) is 46.3 Å². The van der Waals surface area contributed by atoms with Gasteiger partial charge in [0.25, 0.3) is 0 Å². The number of nitriles is 1. The SMILES string of the molecule is N#Cc1ccc(-c2ccnc(N3CCC(OC(N)=O)CC3)c2Br)cc1F. The zero-order chi connectivity index (χ0) is 18.7. The molecule has 1 aliphatic rings. The number of halogens is 2. The molecular formula is C18H16BrFN4O2. The molecule has 1 aliphatic heterocycles. The lowest BCUT2D eigenvalue weighted by molar-refractivity contribution is 0.0911. The predicted molar refractivity (Wildman–Crippen MR) is 97.9 cm³/mol. The number of pyridine rings is 1. The maximum absolute atomic E-state index is 14.0. The van der Waals surface area contributed by atoms with Gasteiger partial charge in [-0.05, 0) is 39.7 Å². The zero-order valence-electron chi connectivity index (χ0n) is 13.8. The quantitative estimate of drug-likeness (QED) is 0.821. The summed E-state index contributed by atoms with van der Waals surface area (Å²) in [5.41, 5.74) is 6.52. The number of benzene rings is 1. The van der Waals surface area contributed by atoms with Crippen molar-refractivity contribution in [3.63, 3.8) is 0 Å². The third-order valence-electron chi connectivity index (χ3n) is 4.30. The number of hydrogen-bond acceptors (Lipinski definition) is 5. The van der Waals surface area contributed by atoms with E-state index in [9.17, 15) is 9.18 Å². The highest BCUT2D eigenvalue weighted by Crippen LogP contribution is 2.36. The van der Waals surface area contributed by atoms with Gasteiger partial charge in [0.2, 0.25) is 0 Å². The van der Waals surface area contributed by atoms with Gasteiger partial charge in [-0.25, -0.2) is 14.2 Å². The minimum absolute atomic E-state index is 0.00988. The molecule has 2 N–H and O–H groups in total. The van der Waals surface area contributed by atoms with Crippen LogP contribution in [0.4, 0.5) is 15.0 Å². The summed E-state index contributed by atoms with van der Waals surface area (Å²) < 4.78 is 19.7. The summed E-state index contributed by atoms with van der Waals surface area (Å²) in [6.07, 6.45) is 2.04. The lowest BCUT2D eigenvalue weighted by Crippen LogP contribution is -2.39. The summed E-state index contributed by atoms with van der Waals surface area (Å²) in [5, 5.41) is 8.87. The van der Waals surface area contributed by atoms with Gasteiger partial charge >= 0.3 is 6.09 Å². The Balaban J connectivity index is 1.83. The van der Waals surface area contributed by atoms with Crippen molar-refractivity contribution in [2.24, 2.45) is 5.73 Å². The van der Waals surface area contributed by atoms with E-state index in [1.165, 1.54) is 12.1 Å². The molecule has 0 saturated carbocycles. The van der Waals surface area contributed by atoms with Crippen LogP contribution in [0.1, 0.15) is 18.4 Å². The molecule has 134 valence electrons. The van der Waals surface area contributed by atoms with Gasteiger partial charge in [0, 0.05) is 37.7 Å². The first-order valence-corrected chi connectivity index (χ1v) is 8.84. The van der Waals surface area contributed by atoms with Crippen molar-refractivity contribution in [3.8, 4) is 17.2 Å². The zero-order valence-corrected chi connectivity index (χ0v) is 15.4. The molecule has 0 spiro atoms. The Morgan fingerprint density at radius 1 is 1.38 bits per heavy atom. The van der Waals surface area contributed by atoms with Crippen LogP contribution in [-0.4, -0.2) is 30.3 Å². The first-order valence-electron chi connectivity index (χ1n) is 8.05. The summed E-state index contributed by atoms with van der Waals surface area (Å²) in [6.45, 7) is 1.32. The minimum atomic E-state index is -0.757. The third-order valence-corrected chi connectivity index (χ3v) is 5.08. The molecular weight excluding hydrogens is 403 g/mol. The molecule has 1 fully saturated rings. The molecule has 0 unspecified atom stereocenters. The van der Waals surface area contributed by atoms with Crippen molar-refractivity contribution < 1.29 is 13.9 Å². The largest absolute Gasteiger partial charge is 0.446 e. The second kappa shape index (κ2) is 7.70. The predicted octanol–water partition coefficient (Wildman–Crippen LogP) is 3.59. The molecule has 6 nitrogen and oxygen atoms in total. The normalized spacial score (nSPS) is 14.7. The summed E-state index contributed by atoms with van der Waals surface area (Å²) >= 11 is 3.57. The first-order chi connectivity index (χ1) is 12.5. The van der Waals surface area contributed by atoms with Gasteiger partial charge < -0.3 is 15.4 Å². The van der Waals surface area contributed by atoms with E-state index in [0.29, 0.717) is 31.5 Å². The van der Waals surface area contributed by atoms with Gasteiger partial charge in [-0.15, -0.1) is 0 Å². The van der Waals surface area contributed by atoms with Crippen LogP contribution in [0.25, 0.3) is 11.1 Å². The molecule has 0 radical (unpaired) electrons. The standard InChI is InChI=1S/C18H16BrFN4O2/c19-16-14(11-1-2-12(10-21)15(20)9-11)3-6-23-17(16)24-7-4-13(5-8-24)26-18(22)25/h1-3,6,9,13H,4-5,7-8H2,(H2,22,25). The fraction of sp³-hybridized carbons (Fsp3) is 0.278. The van der Waals surface area contributed by atoms with Gasteiger partial charge in [0.1, 0.15) is 23.8 Å². The second-order valence-electron chi connectivity index (χ2n) is 5.93. The Bertz CT molecular complexity index is 876. The molecule has 1 aromatic heterocycles. The summed E-state index contributed by atoms with van der Waals surface area (Å²) in [4.78, 5) is 17.4. The number of carbonyl (C=O) groups excluding carboxylic acids is 1. The molecule has 2 heterocycles. The van der Waals surface area contributed by atoms with Crippen LogP contribution in [0.3, 0.4) is 0 Å². The molecule has 1 amide bonds. The van der Waals surface area contributed by atoms with E-state index in [1.807, 2.05) is 6.07 Å². The second-order valence-corrected chi connectivity index (χ2v) is 6.72. The van der Waals surface area contributed by atoms with E-state index in [0.717, 1.165) is 15.9 Å². The van der Waals surface area contributed by atoms with Gasteiger partial charge in [0.05, 0.1) is 10.0 Å². The molecule has 0 aliphatic carbocycles. The number of anilines is 1. The van der Waals surface area contributed by atoms with E-state index < -0.39 is 11.9 Å². The van der Waals surface area contributed by atoms with Crippen LogP contribution < -0.4 is 10.6 Å². The fourth-order valence-corrected chi connectivity index (χ4v) is 3.71. The van der Waals surface area contributed by atoms with Crippen LogP contribution in [-0.2, 0) is 4.74 Å². The van der Waals surface area contributed by atoms with Crippen molar-refractivity contribution in [2.45, 2.75) is 18.9 Å². The number of carbonyl (C=O) groups is 1. The molecule has 3 rings (SSSR count). The summed E-state index contributed by atoms with van der Waals surface area (Å²) in [7, 11) is 0. The number of piperidine rings is 1. The number of rotatable bonds is 3. The first kappa shape index (κ1) is 18.1. The molecule has 26 heavy (non-hydrogen) atoms. The van der Waals surface area contributed by atoms with Crippen molar-refractivity contribution in [1.82, 2.24) is 4.98 Å². The number of primary amides is 1. The van der Waals surface area contributed by atoms with Crippen molar-refractivity contribution in [2.75, 3.05) is 18.0 Å². The Hall–Kier alpha value is -2.66. The minimum Gasteiger partial charge on any atom is -0.446 e. The smallest absolute Gasteiger partial charge is 0.404 e. The van der Waals surface area contributed by atoms with Crippen LogP contribution in [0.2, 0.25) is 0 Å². The Morgan fingerprint density at radius 3 is 2.73 bits per heavy atom. The molecule has 1 aromatic carbocycles. The van der Waals surface area contributed by atoms with Gasteiger partial charge in [-0.2, -0.15) is 5.26 Å². The van der Waals surface area contributed by atoms with E-state index in [2.05, 4.69) is 25.8 Å². The lowest BCUT2D eigenvalue weighted by atomic mass is 10.0. The van der Waals surface area contributed by atoms with Crippen molar-refractivity contribution >= 4 is 27.8 Å². The highest BCUT2D eigenvalue weighted by atomic mass is 79.9. The van der Waals surface area contributed by atoms with Crippen molar-refractivity contribution in [1.29, 1.82) is 5.26 Å². The third kappa shape index (κ3) is 3.78.